The lowest BCUT2D eigenvalue weighted by molar-refractivity contribution is -0.709. The van der Waals surface area contributed by atoms with E-state index in [-0.39, 0.29) is 0 Å². The second-order valence-corrected chi connectivity index (χ2v) is 11.7. The minimum absolute atomic E-state index is 0.439. The Morgan fingerprint density at radius 3 is 1.57 bits per heavy atom. The standard InChI is InChI=1S/C24H46N2O3S.H2O4S/c1-4-6-7-8-9-10-11-12-13-14-15-16-17-18-20-26-22(3)25-21-23(26)24(19-5-2)30(27,28)29;1-5(2,3)4/h21,24H,4-20H2,1-3H3,(H,27,28,29);(H2,1,2,3,4). The number of aromatic amines is 1. The Hall–Kier alpha value is -1.01. The van der Waals surface area contributed by atoms with Gasteiger partial charge in [-0.1, -0.05) is 97.3 Å². The molecule has 0 aliphatic carbocycles. The summed E-state index contributed by atoms with van der Waals surface area (Å²) in [4.78, 5) is 3.14. The highest BCUT2D eigenvalue weighted by molar-refractivity contribution is 7.86. The summed E-state index contributed by atoms with van der Waals surface area (Å²) in [5.74, 6) is 0.949. The number of rotatable bonds is 19. The number of unbranched alkanes of at least 4 members (excludes halogenated alkanes) is 13. The molecule has 0 bridgehead atoms. The summed E-state index contributed by atoms with van der Waals surface area (Å²) in [5, 5.41) is -0.834. The number of aromatic nitrogens is 2. The summed E-state index contributed by atoms with van der Waals surface area (Å²) in [6.07, 6.45) is 21.5. The summed E-state index contributed by atoms with van der Waals surface area (Å²) in [6.45, 7) is 6.97. The molecule has 0 fully saturated rings. The molecule has 9 nitrogen and oxygen atoms in total. The first-order valence-corrected chi connectivity index (χ1v) is 16.0. The van der Waals surface area contributed by atoms with E-state index in [2.05, 4.69) is 11.9 Å². The van der Waals surface area contributed by atoms with Crippen LogP contribution in [0.4, 0.5) is 0 Å². The van der Waals surface area contributed by atoms with Gasteiger partial charge in [-0.3, -0.25) is 9.11 Å². The first kappa shape index (κ1) is 34.0. The van der Waals surface area contributed by atoms with E-state index in [1.807, 2.05) is 18.4 Å². The van der Waals surface area contributed by atoms with Gasteiger partial charge >= 0.3 is 0 Å². The Bertz CT molecular complexity index is 860. The molecule has 1 aromatic rings. The zero-order valence-corrected chi connectivity index (χ0v) is 23.5. The van der Waals surface area contributed by atoms with Gasteiger partial charge in [-0.15, -0.1) is 0 Å². The maximum Gasteiger partial charge on any atom is 0.275 e. The minimum Gasteiger partial charge on any atom is -0.726 e. The molecule has 1 unspecified atom stereocenters. The molecule has 3 N–H and O–H groups in total. The minimum atomic E-state index is -4.92. The van der Waals surface area contributed by atoms with Crippen LogP contribution in [-0.4, -0.2) is 35.5 Å². The van der Waals surface area contributed by atoms with E-state index in [0.717, 1.165) is 18.8 Å². The Morgan fingerprint density at radius 1 is 0.800 bits per heavy atom. The van der Waals surface area contributed by atoms with Crippen molar-refractivity contribution in [2.24, 2.45) is 0 Å². The van der Waals surface area contributed by atoms with Gasteiger partial charge in [0.1, 0.15) is 6.20 Å². The number of nitrogens with one attached hydrogen (secondary N) is 1. The van der Waals surface area contributed by atoms with Crippen LogP contribution in [-0.2, 0) is 27.1 Å². The predicted octanol–water partition coefficient (Wildman–Crippen LogP) is 5.83. The molecular weight excluding hydrogens is 492 g/mol. The van der Waals surface area contributed by atoms with Crippen molar-refractivity contribution in [2.75, 3.05) is 0 Å². The van der Waals surface area contributed by atoms with Crippen molar-refractivity contribution in [3.8, 4) is 0 Å². The van der Waals surface area contributed by atoms with Crippen molar-refractivity contribution in [1.82, 2.24) is 4.98 Å². The van der Waals surface area contributed by atoms with E-state index < -0.39 is 25.8 Å². The summed E-state index contributed by atoms with van der Waals surface area (Å²) in [7, 11) is -9.01. The average molecular weight is 541 g/mol. The van der Waals surface area contributed by atoms with Gasteiger partial charge in [-0.2, -0.15) is 8.42 Å². The molecular formula is C24H48N2O7S2. The number of nitrogens with zero attached hydrogens (tertiary/aromatic N) is 1. The Kier molecular flexibility index (Phi) is 18.6. The third-order valence-electron chi connectivity index (χ3n) is 6.12. The van der Waals surface area contributed by atoms with Crippen molar-refractivity contribution < 1.29 is 35.1 Å². The molecule has 11 heteroatoms. The summed E-state index contributed by atoms with van der Waals surface area (Å²) >= 11 is 0. The Morgan fingerprint density at radius 2 is 1.20 bits per heavy atom. The first-order chi connectivity index (χ1) is 16.4. The van der Waals surface area contributed by atoms with Gasteiger partial charge in [0.2, 0.25) is 10.4 Å². The van der Waals surface area contributed by atoms with Gasteiger partial charge in [0.15, 0.2) is 10.9 Å². The molecule has 0 amide bonds. The normalized spacial score (nSPS) is 12.9. The Labute approximate surface area is 213 Å². The predicted molar refractivity (Wildman–Crippen MR) is 138 cm³/mol. The SMILES string of the molecule is CCCCCCCCCCCCCCCC[n+]1c(C(CCC)S(=O)(=O)O)c[nH]c1C.O=S(=O)([O-])O. The molecule has 1 heterocycles. The van der Waals surface area contributed by atoms with E-state index in [0.29, 0.717) is 18.5 Å². The van der Waals surface area contributed by atoms with Gasteiger partial charge in [-0.05, 0) is 19.3 Å². The van der Waals surface area contributed by atoms with Crippen LogP contribution in [0, 0.1) is 6.92 Å². The van der Waals surface area contributed by atoms with Crippen LogP contribution >= 0.6 is 0 Å². The third-order valence-corrected chi connectivity index (χ3v) is 7.32. The fourth-order valence-corrected chi connectivity index (χ4v) is 5.30. The fourth-order valence-electron chi connectivity index (χ4n) is 4.27. The van der Waals surface area contributed by atoms with Crippen LogP contribution in [0.25, 0.3) is 0 Å². The molecule has 0 aromatic carbocycles. The lowest BCUT2D eigenvalue weighted by Gasteiger charge is -2.12. The van der Waals surface area contributed by atoms with Crippen molar-refractivity contribution >= 4 is 20.5 Å². The second-order valence-electron chi connectivity index (χ2n) is 9.27. The van der Waals surface area contributed by atoms with Crippen LogP contribution in [0.5, 0.6) is 0 Å². The highest BCUT2D eigenvalue weighted by Crippen LogP contribution is 2.24. The number of imidazole rings is 1. The molecule has 0 spiro atoms. The van der Waals surface area contributed by atoms with Crippen molar-refractivity contribution in [3.05, 3.63) is 17.7 Å². The molecule has 0 radical (unpaired) electrons. The van der Waals surface area contributed by atoms with E-state index >= 15 is 0 Å². The average Bonchev–Trinajstić information content (AvgIpc) is 3.10. The first-order valence-electron chi connectivity index (χ1n) is 13.1. The number of hydrogen-bond donors (Lipinski definition) is 3. The lowest BCUT2D eigenvalue weighted by atomic mass is 10.0. The summed E-state index contributed by atoms with van der Waals surface area (Å²) in [6, 6.07) is 0. The highest BCUT2D eigenvalue weighted by Gasteiger charge is 2.32. The topological polar surface area (TPSA) is 151 Å². The number of hydrogen-bond acceptors (Lipinski definition) is 5. The number of H-pyrrole nitrogens is 1. The van der Waals surface area contributed by atoms with Gasteiger partial charge in [0.25, 0.3) is 15.9 Å². The van der Waals surface area contributed by atoms with Crippen LogP contribution in [0.1, 0.15) is 133 Å². The summed E-state index contributed by atoms with van der Waals surface area (Å²) < 4.78 is 68.1. The van der Waals surface area contributed by atoms with E-state index in [1.165, 1.54) is 83.5 Å². The van der Waals surface area contributed by atoms with Crippen molar-refractivity contribution in [3.63, 3.8) is 0 Å². The third kappa shape index (κ3) is 18.9. The monoisotopic (exact) mass is 540 g/mol. The van der Waals surface area contributed by atoms with Crippen molar-refractivity contribution in [1.29, 1.82) is 0 Å². The second kappa shape index (κ2) is 19.1. The van der Waals surface area contributed by atoms with Gasteiger partial charge in [-0.25, -0.2) is 18.0 Å². The molecule has 0 saturated carbocycles. The van der Waals surface area contributed by atoms with E-state index in [4.69, 9.17) is 17.5 Å². The molecule has 1 aromatic heterocycles. The van der Waals surface area contributed by atoms with E-state index in [1.54, 1.807) is 6.20 Å². The maximum absolute atomic E-state index is 11.8. The maximum atomic E-state index is 11.8. The fraction of sp³-hybridized carbons (Fsp3) is 0.875. The molecule has 0 aliphatic heterocycles. The van der Waals surface area contributed by atoms with Crippen LogP contribution in [0.3, 0.4) is 0 Å². The zero-order valence-electron chi connectivity index (χ0n) is 21.9. The molecule has 1 atom stereocenters. The van der Waals surface area contributed by atoms with Gasteiger partial charge in [0.05, 0.1) is 6.54 Å². The molecule has 0 aliphatic rings. The Balaban J connectivity index is 0.00000209. The lowest BCUT2D eigenvalue weighted by Crippen LogP contribution is -2.41. The van der Waals surface area contributed by atoms with Gasteiger partial charge in [0, 0.05) is 6.92 Å². The molecule has 0 saturated heterocycles. The number of aryl methyl sites for hydroxylation is 1. The zero-order chi connectivity index (χ0) is 26.7. The smallest absolute Gasteiger partial charge is 0.275 e. The van der Waals surface area contributed by atoms with Crippen molar-refractivity contribution in [2.45, 2.75) is 135 Å². The largest absolute Gasteiger partial charge is 0.726 e. The van der Waals surface area contributed by atoms with Crippen LogP contribution < -0.4 is 4.57 Å². The molecule has 1 rings (SSSR count). The highest BCUT2D eigenvalue weighted by atomic mass is 32.3. The van der Waals surface area contributed by atoms with Crippen LogP contribution in [0.2, 0.25) is 0 Å². The quantitative estimate of drug-likeness (QED) is 0.0864. The molecule has 208 valence electrons. The van der Waals surface area contributed by atoms with E-state index in [9.17, 15) is 13.0 Å². The van der Waals surface area contributed by atoms with Crippen LogP contribution in [0.15, 0.2) is 6.20 Å². The van der Waals surface area contributed by atoms with Gasteiger partial charge < -0.3 is 4.55 Å². The molecule has 35 heavy (non-hydrogen) atoms. The summed E-state index contributed by atoms with van der Waals surface area (Å²) in [5.41, 5.74) is 0.687.